The Hall–Kier alpha value is -0.895. The lowest BCUT2D eigenvalue weighted by molar-refractivity contribution is 0.425. The van der Waals surface area contributed by atoms with Crippen LogP contribution < -0.4 is 5.46 Å². The first-order valence-electron chi connectivity index (χ1n) is 3.46. The van der Waals surface area contributed by atoms with Crippen LogP contribution >= 0.6 is 15.9 Å². The van der Waals surface area contributed by atoms with E-state index in [1.165, 1.54) is 6.20 Å². The van der Waals surface area contributed by atoms with Crippen LogP contribution in [0.5, 0.6) is 0 Å². The summed E-state index contributed by atoms with van der Waals surface area (Å²) in [5.41, 5.74) is 0.654. The minimum atomic E-state index is -1.57. The highest BCUT2D eigenvalue weighted by atomic mass is 79.9. The van der Waals surface area contributed by atoms with E-state index in [9.17, 15) is 0 Å². The second-order valence-electron chi connectivity index (χ2n) is 2.21. The molecule has 66 valence electrons. The Labute approximate surface area is 84.3 Å². The second kappa shape index (κ2) is 4.37. The molecule has 0 aliphatic rings. The number of nitrogens with zero attached hydrogens (tertiary/aromatic N) is 2. The van der Waals surface area contributed by atoms with E-state index in [0.717, 1.165) is 0 Å². The molecule has 13 heavy (non-hydrogen) atoms. The van der Waals surface area contributed by atoms with Gasteiger partial charge in [-0.3, -0.25) is 0 Å². The summed E-state index contributed by atoms with van der Waals surface area (Å²) in [6, 6.07) is 0. The van der Waals surface area contributed by atoms with Crippen molar-refractivity contribution in [3.05, 3.63) is 16.4 Å². The van der Waals surface area contributed by atoms with Crippen molar-refractivity contribution in [2.45, 2.75) is 6.92 Å². The molecule has 0 aromatic carbocycles. The molecule has 0 aliphatic carbocycles. The van der Waals surface area contributed by atoms with Crippen LogP contribution in [0.1, 0.15) is 12.6 Å². The zero-order valence-corrected chi connectivity index (χ0v) is 8.41. The summed E-state index contributed by atoms with van der Waals surface area (Å²) < 4.78 is 0.465. The Bertz CT molecular complexity index is 372. The van der Waals surface area contributed by atoms with Crippen molar-refractivity contribution in [2.24, 2.45) is 0 Å². The van der Waals surface area contributed by atoms with Gasteiger partial charge < -0.3 is 10.0 Å². The van der Waals surface area contributed by atoms with E-state index in [-0.39, 0.29) is 5.46 Å². The van der Waals surface area contributed by atoms with Crippen molar-refractivity contribution >= 4 is 28.5 Å². The van der Waals surface area contributed by atoms with Crippen molar-refractivity contribution in [1.29, 1.82) is 0 Å². The zero-order valence-electron chi connectivity index (χ0n) is 6.82. The van der Waals surface area contributed by atoms with Crippen LogP contribution in [0.15, 0.2) is 10.7 Å². The summed E-state index contributed by atoms with van der Waals surface area (Å²) in [5, 5.41) is 25.1. The molecule has 4 nitrogen and oxygen atoms in total. The van der Waals surface area contributed by atoms with Crippen LogP contribution in [-0.2, 0) is 0 Å². The Morgan fingerprint density at radius 2 is 2.23 bits per heavy atom. The summed E-state index contributed by atoms with van der Waals surface area (Å²) in [4.78, 5) is 0. The van der Waals surface area contributed by atoms with Crippen molar-refractivity contribution in [3.63, 3.8) is 0 Å². The quantitative estimate of drug-likeness (QED) is 0.503. The first kappa shape index (κ1) is 10.2. The largest absolute Gasteiger partial charge is 0.491 e. The van der Waals surface area contributed by atoms with Crippen LogP contribution in [0.2, 0.25) is 0 Å². The minimum Gasteiger partial charge on any atom is -0.423 e. The van der Waals surface area contributed by atoms with E-state index in [1.54, 1.807) is 6.92 Å². The minimum absolute atomic E-state index is 0.257. The third kappa shape index (κ3) is 2.28. The number of aromatic nitrogens is 2. The van der Waals surface area contributed by atoms with Gasteiger partial charge in [-0.05, 0) is 28.8 Å². The first-order chi connectivity index (χ1) is 6.16. The Kier molecular flexibility index (Phi) is 3.43. The van der Waals surface area contributed by atoms with Gasteiger partial charge in [0.25, 0.3) is 0 Å². The van der Waals surface area contributed by atoms with Crippen molar-refractivity contribution in [3.8, 4) is 11.8 Å². The maximum Gasteiger partial charge on any atom is 0.491 e. The van der Waals surface area contributed by atoms with Crippen molar-refractivity contribution in [2.75, 3.05) is 0 Å². The van der Waals surface area contributed by atoms with E-state index in [4.69, 9.17) is 10.0 Å². The molecular formula is C7H6BBrN2O2. The summed E-state index contributed by atoms with van der Waals surface area (Å²) in [6.45, 7) is 1.66. The number of rotatable bonds is 1. The summed E-state index contributed by atoms with van der Waals surface area (Å²) >= 11 is 3.16. The maximum absolute atomic E-state index is 8.91. The second-order valence-corrected chi connectivity index (χ2v) is 3.00. The van der Waals surface area contributed by atoms with Gasteiger partial charge in [0.15, 0.2) is 0 Å². The topological polar surface area (TPSA) is 66.2 Å². The predicted octanol–water partition coefficient (Wildman–Crippen LogP) is -0.710. The van der Waals surface area contributed by atoms with E-state index >= 15 is 0 Å². The van der Waals surface area contributed by atoms with E-state index in [2.05, 4.69) is 38.0 Å². The Morgan fingerprint density at radius 1 is 1.54 bits per heavy atom. The highest BCUT2D eigenvalue weighted by Crippen LogP contribution is 2.09. The van der Waals surface area contributed by atoms with Gasteiger partial charge in [-0.1, -0.05) is 5.92 Å². The van der Waals surface area contributed by atoms with Crippen molar-refractivity contribution in [1.82, 2.24) is 10.2 Å². The lowest BCUT2D eigenvalue weighted by atomic mass is 9.81. The lowest BCUT2D eigenvalue weighted by Crippen LogP contribution is -2.32. The number of hydrogen-bond donors (Lipinski definition) is 2. The molecular weight excluding hydrogens is 235 g/mol. The third-order valence-electron chi connectivity index (χ3n) is 1.34. The molecule has 0 bridgehead atoms. The third-order valence-corrected chi connectivity index (χ3v) is 2.17. The average Bonchev–Trinajstić information content (AvgIpc) is 2.08. The molecule has 0 radical (unpaired) electrons. The number of hydrogen-bond acceptors (Lipinski definition) is 4. The monoisotopic (exact) mass is 240 g/mol. The fraction of sp³-hybridized carbons (Fsp3) is 0.143. The Morgan fingerprint density at radius 3 is 2.77 bits per heavy atom. The van der Waals surface area contributed by atoms with Gasteiger partial charge in [0, 0.05) is 5.46 Å². The van der Waals surface area contributed by atoms with Gasteiger partial charge in [0.2, 0.25) is 0 Å². The lowest BCUT2D eigenvalue weighted by Gasteiger charge is -2.01. The first-order valence-corrected chi connectivity index (χ1v) is 4.26. The summed E-state index contributed by atoms with van der Waals surface area (Å²) in [5.74, 6) is 5.32. The smallest absolute Gasteiger partial charge is 0.423 e. The van der Waals surface area contributed by atoms with Gasteiger partial charge in [-0.2, -0.15) is 5.10 Å². The van der Waals surface area contributed by atoms with Crippen LogP contribution in [0.25, 0.3) is 0 Å². The van der Waals surface area contributed by atoms with Gasteiger partial charge in [-0.15, -0.1) is 5.10 Å². The molecule has 0 aliphatic heterocycles. The maximum atomic E-state index is 8.91. The highest BCUT2D eigenvalue weighted by Gasteiger charge is 2.17. The number of halogens is 1. The zero-order chi connectivity index (χ0) is 9.84. The fourth-order valence-electron chi connectivity index (χ4n) is 0.764. The van der Waals surface area contributed by atoms with Crippen molar-refractivity contribution < 1.29 is 10.0 Å². The van der Waals surface area contributed by atoms with Gasteiger partial charge in [-0.25, -0.2) is 0 Å². The normalized spacial score (nSPS) is 8.92. The summed E-state index contributed by atoms with van der Waals surface area (Å²) in [7, 11) is -1.57. The predicted molar refractivity (Wildman–Crippen MR) is 52.1 cm³/mol. The van der Waals surface area contributed by atoms with Gasteiger partial charge >= 0.3 is 7.12 Å². The van der Waals surface area contributed by atoms with Crippen LogP contribution in [0.3, 0.4) is 0 Å². The standard InChI is InChI=1S/C7H6BBrN2O2/c1-2-3-6-7(9)5(8(12)13)4-10-11-6/h4,12-13H,1H3. The molecule has 1 heterocycles. The molecule has 0 atom stereocenters. The fourth-order valence-corrected chi connectivity index (χ4v) is 1.25. The van der Waals surface area contributed by atoms with Crippen LogP contribution in [0.4, 0.5) is 0 Å². The molecule has 1 aromatic rings. The van der Waals surface area contributed by atoms with Crippen LogP contribution in [-0.4, -0.2) is 27.4 Å². The SMILES string of the molecule is CC#Cc1nncc(B(O)O)c1Br. The molecule has 6 heteroatoms. The molecule has 0 fully saturated rings. The molecule has 1 aromatic heterocycles. The molecule has 1 rings (SSSR count). The van der Waals surface area contributed by atoms with Gasteiger partial charge in [0.05, 0.1) is 10.7 Å². The summed E-state index contributed by atoms with van der Waals surface area (Å²) in [6.07, 6.45) is 1.27. The molecule has 2 N–H and O–H groups in total. The average molecular weight is 241 g/mol. The molecule has 0 unspecified atom stereocenters. The molecule has 0 saturated heterocycles. The Balaban J connectivity index is 3.23. The van der Waals surface area contributed by atoms with Gasteiger partial charge in [0.1, 0.15) is 5.69 Å². The van der Waals surface area contributed by atoms with Crippen LogP contribution in [0, 0.1) is 11.8 Å². The molecule has 0 amide bonds. The molecule has 0 saturated carbocycles. The molecule has 0 spiro atoms. The van der Waals surface area contributed by atoms with E-state index in [1.807, 2.05) is 0 Å². The highest BCUT2D eigenvalue weighted by molar-refractivity contribution is 9.10. The van der Waals surface area contributed by atoms with E-state index in [0.29, 0.717) is 10.2 Å². The van der Waals surface area contributed by atoms with E-state index < -0.39 is 7.12 Å².